The molecule has 0 aromatic heterocycles. The molecule has 118 valence electrons. The molecular formula is C19H32N2. The van der Waals surface area contributed by atoms with Gasteiger partial charge in [-0.25, -0.2) is 0 Å². The lowest BCUT2D eigenvalue weighted by atomic mass is 9.87. The van der Waals surface area contributed by atoms with Gasteiger partial charge in [0.1, 0.15) is 0 Å². The van der Waals surface area contributed by atoms with E-state index in [1.165, 1.54) is 56.4 Å². The minimum atomic E-state index is 0.249. The normalized spacial score (nSPS) is 17.7. The third-order valence-corrected chi connectivity index (χ3v) is 4.45. The van der Waals surface area contributed by atoms with Crippen LogP contribution in [-0.2, 0) is 12.0 Å². The minimum absolute atomic E-state index is 0.249. The number of benzene rings is 1. The Hall–Kier alpha value is -0.860. The van der Waals surface area contributed by atoms with Gasteiger partial charge in [-0.3, -0.25) is 0 Å². The molecule has 0 amide bonds. The summed E-state index contributed by atoms with van der Waals surface area (Å²) in [6, 6.07) is 9.07. The number of rotatable bonds is 5. The summed E-state index contributed by atoms with van der Waals surface area (Å²) in [5, 5.41) is 3.59. The summed E-state index contributed by atoms with van der Waals surface area (Å²) in [5.41, 5.74) is 3.05. The maximum absolute atomic E-state index is 3.59. The Bertz CT molecular complexity index is 395. The van der Waals surface area contributed by atoms with Crippen LogP contribution in [0.1, 0.15) is 57.6 Å². The quantitative estimate of drug-likeness (QED) is 0.825. The van der Waals surface area contributed by atoms with E-state index in [2.05, 4.69) is 55.3 Å². The summed E-state index contributed by atoms with van der Waals surface area (Å²) in [6.07, 6.45) is 5.61. The number of likely N-dealkylation sites (tertiary alicyclic amines) is 1. The molecule has 1 aromatic rings. The van der Waals surface area contributed by atoms with Crippen LogP contribution in [0, 0.1) is 0 Å². The fourth-order valence-corrected chi connectivity index (χ4v) is 2.95. The van der Waals surface area contributed by atoms with E-state index in [1.54, 1.807) is 0 Å². The maximum Gasteiger partial charge on any atom is 0.0206 e. The van der Waals surface area contributed by atoms with Crippen LogP contribution in [-0.4, -0.2) is 31.1 Å². The largest absolute Gasteiger partial charge is 0.311 e. The SMILES string of the molecule is CC(C)(C)c1ccc(CNCCN2CCCCCC2)cc1. The Kier molecular flexibility index (Phi) is 6.25. The average Bonchev–Trinajstić information content (AvgIpc) is 2.72. The maximum atomic E-state index is 3.59. The van der Waals surface area contributed by atoms with Crippen molar-refractivity contribution in [2.45, 2.75) is 58.4 Å². The van der Waals surface area contributed by atoms with Crippen molar-refractivity contribution < 1.29 is 0 Å². The fraction of sp³-hybridized carbons (Fsp3) is 0.684. The third-order valence-electron chi connectivity index (χ3n) is 4.45. The molecule has 1 aliphatic rings. The Labute approximate surface area is 130 Å². The molecule has 0 bridgehead atoms. The predicted octanol–water partition coefficient (Wildman–Crippen LogP) is 3.95. The van der Waals surface area contributed by atoms with Crippen molar-refractivity contribution >= 4 is 0 Å². The monoisotopic (exact) mass is 288 g/mol. The van der Waals surface area contributed by atoms with Gasteiger partial charge in [-0.1, -0.05) is 57.9 Å². The van der Waals surface area contributed by atoms with E-state index in [4.69, 9.17) is 0 Å². The van der Waals surface area contributed by atoms with E-state index >= 15 is 0 Å². The van der Waals surface area contributed by atoms with E-state index in [9.17, 15) is 0 Å². The van der Waals surface area contributed by atoms with Gasteiger partial charge in [0.25, 0.3) is 0 Å². The molecule has 0 spiro atoms. The van der Waals surface area contributed by atoms with Crippen LogP contribution in [0.5, 0.6) is 0 Å². The van der Waals surface area contributed by atoms with Crippen molar-refractivity contribution in [3.05, 3.63) is 35.4 Å². The van der Waals surface area contributed by atoms with E-state index in [0.717, 1.165) is 13.1 Å². The molecular weight excluding hydrogens is 256 g/mol. The summed E-state index contributed by atoms with van der Waals surface area (Å²) in [5.74, 6) is 0. The summed E-state index contributed by atoms with van der Waals surface area (Å²) in [7, 11) is 0. The van der Waals surface area contributed by atoms with Crippen LogP contribution in [0.2, 0.25) is 0 Å². The highest BCUT2D eigenvalue weighted by atomic mass is 15.1. The van der Waals surface area contributed by atoms with Crippen molar-refractivity contribution in [3.63, 3.8) is 0 Å². The second-order valence-electron chi connectivity index (χ2n) is 7.38. The molecule has 21 heavy (non-hydrogen) atoms. The van der Waals surface area contributed by atoms with Crippen molar-refractivity contribution in [2.75, 3.05) is 26.2 Å². The summed E-state index contributed by atoms with van der Waals surface area (Å²) >= 11 is 0. The van der Waals surface area contributed by atoms with E-state index in [0.29, 0.717) is 0 Å². The lowest BCUT2D eigenvalue weighted by molar-refractivity contribution is 0.284. The molecule has 2 rings (SSSR count). The van der Waals surface area contributed by atoms with Crippen molar-refractivity contribution in [3.8, 4) is 0 Å². The smallest absolute Gasteiger partial charge is 0.0206 e. The first-order valence-corrected chi connectivity index (χ1v) is 8.58. The molecule has 2 heteroatoms. The molecule has 0 unspecified atom stereocenters. The Balaban J connectivity index is 1.68. The van der Waals surface area contributed by atoms with Crippen LogP contribution in [0.3, 0.4) is 0 Å². The number of hydrogen-bond acceptors (Lipinski definition) is 2. The number of nitrogens with one attached hydrogen (secondary N) is 1. The zero-order chi connectivity index (χ0) is 15.1. The van der Waals surface area contributed by atoms with Gasteiger partial charge in [0, 0.05) is 19.6 Å². The fourth-order valence-electron chi connectivity index (χ4n) is 2.95. The molecule has 1 saturated heterocycles. The molecule has 1 heterocycles. The van der Waals surface area contributed by atoms with Gasteiger partial charge >= 0.3 is 0 Å². The van der Waals surface area contributed by atoms with Crippen molar-refractivity contribution in [1.82, 2.24) is 10.2 Å². The first kappa shape index (κ1) is 16.5. The molecule has 1 fully saturated rings. The van der Waals surface area contributed by atoms with Gasteiger partial charge < -0.3 is 10.2 Å². The first-order chi connectivity index (χ1) is 10.1. The van der Waals surface area contributed by atoms with Crippen LogP contribution in [0.15, 0.2) is 24.3 Å². The highest BCUT2D eigenvalue weighted by molar-refractivity contribution is 5.27. The number of hydrogen-bond donors (Lipinski definition) is 1. The standard InChI is InChI=1S/C19H32N2/c1-19(2,3)18-10-8-17(9-11-18)16-20-12-15-21-13-6-4-5-7-14-21/h8-11,20H,4-7,12-16H2,1-3H3. The summed E-state index contributed by atoms with van der Waals surface area (Å²) < 4.78 is 0. The van der Waals surface area contributed by atoms with Crippen molar-refractivity contribution in [1.29, 1.82) is 0 Å². The minimum Gasteiger partial charge on any atom is -0.311 e. The molecule has 0 aliphatic carbocycles. The van der Waals surface area contributed by atoms with Crippen LogP contribution >= 0.6 is 0 Å². The van der Waals surface area contributed by atoms with Gasteiger partial charge in [0.15, 0.2) is 0 Å². The molecule has 0 atom stereocenters. The molecule has 1 N–H and O–H groups in total. The van der Waals surface area contributed by atoms with Crippen LogP contribution in [0.25, 0.3) is 0 Å². The second kappa shape index (κ2) is 7.95. The van der Waals surface area contributed by atoms with E-state index in [-0.39, 0.29) is 5.41 Å². The zero-order valence-corrected chi connectivity index (χ0v) is 14.1. The second-order valence-corrected chi connectivity index (χ2v) is 7.38. The molecule has 0 saturated carbocycles. The van der Waals surface area contributed by atoms with E-state index in [1.807, 2.05) is 0 Å². The van der Waals surface area contributed by atoms with Gasteiger partial charge in [0.2, 0.25) is 0 Å². The van der Waals surface area contributed by atoms with Gasteiger partial charge in [-0.15, -0.1) is 0 Å². The summed E-state index contributed by atoms with van der Waals surface area (Å²) in [6.45, 7) is 12.7. The third kappa shape index (κ3) is 5.80. The molecule has 1 aliphatic heterocycles. The van der Waals surface area contributed by atoms with Gasteiger partial charge in [0.05, 0.1) is 0 Å². The number of nitrogens with zero attached hydrogens (tertiary/aromatic N) is 1. The Morgan fingerprint density at radius 2 is 1.57 bits per heavy atom. The highest BCUT2D eigenvalue weighted by Crippen LogP contribution is 2.22. The van der Waals surface area contributed by atoms with E-state index < -0.39 is 0 Å². The lowest BCUT2D eigenvalue weighted by Crippen LogP contribution is -2.32. The molecule has 1 aromatic carbocycles. The molecule has 0 radical (unpaired) electrons. The summed E-state index contributed by atoms with van der Waals surface area (Å²) in [4.78, 5) is 2.61. The lowest BCUT2D eigenvalue weighted by Gasteiger charge is -2.20. The average molecular weight is 288 g/mol. The van der Waals surface area contributed by atoms with Gasteiger partial charge in [-0.05, 0) is 42.5 Å². The Morgan fingerprint density at radius 3 is 2.14 bits per heavy atom. The topological polar surface area (TPSA) is 15.3 Å². The van der Waals surface area contributed by atoms with Crippen LogP contribution in [0.4, 0.5) is 0 Å². The van der Waals surface area contributed by atoms with Crippen LogP contribution < -0.4 is 5.32 Å². The first-order valence-electron chi connectivity index (χ1n) is 8.58. The van der Waals surface area contributed by atoms with Gasteiger partial charge in [-0.2, -0.15) is 0 Å². The molecule has 2 nitrogen and oxygen atoms in total. The Morgan fingerprint density at radius 1 is 0.952 bits per heavy atom. The highest BCUT2D eigenvalue weighted by Gasteiger charge is 2.12. The zero-order valence-electron chi connectivity index (χ0n) is 14.1. The van der Waals surface area contributed by atoms with Crippen molar-refractivity contribution in [2.24, 2.45) is 0 Å². The predicted molar refractivity (Wildman–Crippen MR) is 91.8 cm³/mol.